The lowest BCUT2D eigenvalue weighted by Crippen LogP contribution is -2.46. The fourth-order valence-corrected chi connectivity index (χ4v) is 5.47. The minimum Gasteiger partial charge on any atom is -0.368 e. The Bertz CT molecular complexity index is 1380. The second-order valence-corrected chi connectivity index (χ2v) is 10.9. The van der Waals surface area contributed by atoms with Gasteiger partial charge < -0.3 is 15.1 Å². The largest absolute Gasteiger partial charge is 0.368 e. The number of hydrogen-bond donors (Lipinski definition) is 1. The SMILES string of the molecule is O=C(NCCc1ccccn1)c1ccc(CSc2nc(Cl)cc(N3CCN(c4ccc(Cl)cc4)CC3)n2)cc1. The van der Waals surface area contributed by atoms with Gasteiger partial charge in [0.25, 0.3) is 5.91 Å². The van der Waals surface area contributed by atoms with Crippen LogP contribution < -0.4 is 15.1 Å². The Labute approximate surface area is 242 Å². The number of hydrogen-bond acceptors (Lipinski definition) is 7. The third-order valence-corrected chi connectivity index (χ3v) is 7.80. The van der Waals surface area contributed by atoms with E-state index in [2.05, 4.69) is 37.2 Å². The van der Waals surface area contributed by atoms with E-state index < -0.39 is 0 Å². The molecule has 0 unspecified atom stereocenters. The van der Waals surface area contributed by atoms with Gasteiger partial charge in [0, 0.05) is 79.1 Å². The Hall–Kier alpha value is -3.33. The Balaban J connectivity index is 1.12. The van der Waals surface area contributed by atoms with Gasteiger partial charge >= 0.3 is 0 Å². The number of carbonyl (C=O) groups excluding carboxylic acids is 1. The van der Waals surface area contributed by atoms with Crippen LogP contribution in [0.2, 0.25) is 10.2 Å². The topological polar surface area (TPSA) is 74.2 Å². The van der Waals surface area contributed by atoms with Crippen LogP contribution in [0.5, 0.6) is 0 Å². The molecule has 0 aliphatic carbocycles. The Morgan fingerprint density at radius 1 is 0.897 bits per heavy atom. The van der Waals surface area contributed by atoms with Gasteiger partial charge in [0.1, 0.15) is 11.0 Å². The number of piperazine rings is 1. The molecule has 1 aliphatic rings. The number of thioether (sulfide) groups is 1. The molecule has 0 radical (unpaired) electrons. The van der Waals surface area contributed by atoms with Gasteiger partial charge in [-0.3, -0.25) is 9.78 Å². The Morgan fingerprint density at radius 2 is 1.64 bits per heavy atom. The van der Waals surface area contributed by atoms with Crippen LogP contribution in [-0.4, -0.2) is 53.6 Å². The molecule has 0 spiro atoms. The van der Waals surface area contributed by atoms with Crippen molar-refractivity contribution in [3.63, 3.8) is 0 Å². The van der Waals surface area contributed by atoms with Crippen LogP contribution in [0.3, 0.4) is 0 Å². The minimum absolute atomic E-state index is 0.0934. The molecule has 2 aromatic heterocycles. The van der Waals surface area contributed by atoms with E-state index >= 15 is 0 Å². The number of amides is 1. The molecule has 1 amide bonds. The summed E-state index contributed by atoms with van der Waals surface area (Å²) >= 11 is 13.9. The van der Waals surface area contributed by atoms with Crippen LogP contribution in [0.15, 0.2) is 84.1 Å². The second kappa shape index (κ2) is 13.2. The number of halogens is 2. The third kappa shape index (κ3) is 7.62. The van der Waals surface area contributed by atoms with Crippen molar-refractivity contribution in [1.29, 1.82) is 0 Å². The summed E-state index contributed by atoms with van der Waals surface area (Å²) < 4.78 is 0. The lowest BCUT2D eigenvalue weighted by molar-refractivity contribution is 0.0954. The van der Waals surface area contributed by atoms with Crippen molar-refractivity contribution in [3.05, 3.63) is 106 Å². The van der Waals surface area contributed by atoms with E-state index in [9.17, 15) is 4.79 Å². The van der Waals surface area contributed by atoms with E-state index in [0.717, 1.165) is 48.3 Å². The van der Waals surface area contributed by atoms with Crippen LogP contribution in [-0.2, 0) is 12.2 Å². The molecule has 0 bridgehead atoms. The first-order valence-electron chi connectivity index (χ1n) is 12.7. The van der Waals surface area contributed by atoms with E-state index in [1.54, 1.807) is 6.20 Å². The maximum atomic E-state index is 12.5. The highest BCUT2D eigenvalue weighted by atomic mass is 35.5. The monoisotopic (exact) mass is 578 g/mol. The first kappa shape index (κ1) is 27.2. The first-order chi connectivity index (χ1) is 19.0. The Morgan fingerprint density at radius 3 is 2.36 bits per heavy atom. The number of pyridine rings is 1. The van der Waals surface area contributed by atoms with Gasteiger partial charge in [-0.1, -0.05) is 53.2 Å². The molecule has 1 aliphatic heterocycles. The van der Waals surface area contributed by atoms with Gasteiger partial charge in [-0.2, -0.15) is 0 Å². The smallest absolute Gasteiger partial charge is 0.251 e. The molecule has 1 N–H and O–H groups in total. The second-order valence-electron chi connectivity index (χ2n) is 9.09. The molecule has 10 heteroatoms. The number of nitrogens with zero attached hydrogens (tertiary/aromatic N) is 5. The molecule has 0 saturated carbocycles. The molecule has 39 heavy (non-hydrogen) atoms. The average molecular weight is 580 g/mol. The first-order valence-corrected chi connectivity index (χ1v) is 14.5. The molecule has 4 aromatic rings. The number of rotatable bonds is 9. The highest BCUT2D eigenvalue weighted by molar-refractivity contribution is 7.98. The predicted molar refractivity (Wildman–Crippen MR) is 159 cm³/mol. The molecule has 0 atom stereocenters. The quantitative estimate of drug-likeness (QED) is 0.153. The van der Waals surface area contributed by atoms with Crippen molar-refractivity contribution < 1.29 is 4.79 Å². The van der Waals surface area contributed by atoms with E-state index in [0.29, 0.717) is 34.6 Å². The standard InChI is InChI=1S/C29H28Cl2N6OS/c30-23-8-10-25(11-9-23)36-15-17-37(18-16-36)27-19-26(31)34-29(35-27)39-20-21-4-6-22(7-5-21)28(38)33-14-12-24-3-1-2-13-32-24/h1-11,13,19H,12,14-18,20H2,(H,33,38). The van der Waals surface area contributed by atoms with E-state index in [1.165, 1.54) is 17.4 Å². The third-order valence-electron chi connectivity index (χ3n) is 6.43. The summed E-state index contributed by atoms with van der Waals surface area (Å²) in [5.41, 5.74) is 3.83. The van der Waals surface area contributed by atoms with Crippen molar-refractivity contribution in [3.8, 4) is 0 Å². The van der Waals surface area contributed by atoms with Gasteiger partial charge in [-0.25, -0.2) is 9.97 Å². The summed E-state index contributed by atoms with van der Waals surface area (Å²) in [7, 11) is 0. The zero-order valence-corrected chi connectivity index (χ0v) is 23.6. The van der Waals surface area contributed by atoms with Crippen LogP contribution in [0.1, 0.15) is 21.6 Å². The van der Waals surface area contributed by atoms with E-state index in [1.807, 2.05) is 60.7 Å². The number of anilines is 2. The number of carbonyl (C=O) groups is 1. The lowest BCUT2D eigenvalue weighted by atomic mass is 10.1. The molecule has 7 nitrogen and oxygen atoms in total. The van der Waals surface area contributed by atoms with Crippen LogP contribution >= 0.6 is 35.0 Å². The summed E-state index contributed by atoms with van der Waals surface area (Å²) in [5.74, 6) is 1.42. The van der Waals surface area contributed by atoms with Crippen LogP contribution in [0.4, 0.5) is 11.5 Å². The number of benzene rings is 2. The van der Waals surface area contributed by atoms with E-state index in [-0.39, 0.29) is 5.91 Å². The average Bonchev–Trinajstić information content (AvgIpc) is 2.97. The van der Waals surface area contributed by atoms with Crippen molar-refractivity contribution in [2.75, 3.05) is 42.5 Å². The number of aromatic nitrogens is 3. The van der Waals surface area contributed by atoms with Crippen molar-refractivity contribution in [1.82, 2.24) is 20.3 Å². The maximum Gasteiger partial charge on any atom is 0.251 e. The zero-order chi connectivity index (χ0) is 27.0. The molecule has 2 aromatic carbocycles. The highest BCUT2D eigenvalue weighted by Crippen LogP contribution is 2.26. The van der Waals surface area contributed by atoms with Crippen molar-refractivity contribution >= 4 is 52.4 Å². The summed E-state index contributed by atoms with van der Waals surface area (Å²) in [4.78, 5) is 30.5. The van der Waals surface area contributed by atoms with E-state index in [4.69, 9.17) is 28.2 Å². The summed E-state index contributed by atoms with van der Waals surface area (Å²) in [6, 6.07) is 23.2. The van der Waals surface area contributed by atoms with Crippen LogP contribution in [0.25, 0.3) is 0 Å². The molecule has 1 saturated heterocycles. The zero-order valence-electron chi connectivity index (χ0n) is 21.3. The molecular formula is C29H28Cl2N6OS. The van der Waals surface area contributed by atoms with Crippen molar-refractivity contribution in [2.24, 2.45) is 0 Å². The van der Waals surface area contributed by atoms with Crippen LogP contribution in [0, 0.1) is 0 Å². The van der Waals surface area contributed by atoms with Gasteiger partial charge in [0.15, 0.2) is 5.16 Å². The van der Waals surface area contributed by atoms with Gasteiger partial charge in [0.05, 0.1) is 0 Å². The van der Waals surface area contributed by atoms with Gasteiger partial charge in [0.2, 0.25) is 0 Å². The Kier molecular flexibility index (Phi) is 9.19. The van der Waals surface area contributed by atoms with Crippen molar-refractivity contribution in [2.45, 2.75) is 17.3 Å². The molecule has 5 rings (SSSR count). The fourth-order valence-electron chi connectivity index (χ4n) is 4.31. The number of nitrogens with one attached hydrogen (secondary N) is 1. The predicted octanol–water partition coefficient (Wildman–Crippen LogP) is 5.77. The highest BCUT2D eigenvalue weighted by Gasteiger charge is 2.20. The minimum atomic E-state index is -0.0934. The lowest BCUT2D eigenvalue weighted by Gasteiger charge is -2.36. The molecule has 200 valence electrons. The molecule has 3 heterocycles. The van der Waals surface area contributed by atoms with Gasteiger partial charge in [-0.05, 0) is 54.1 Å². The maximum absolute atomic E-state index is 12.5. The fraction of sp³-hybridized carbons (Fsp3) is 0.241. The summed E-state index contributed by atoms with van der Waals surface area (Å²) in [6.45, 7) is 3.98. The normalized spacial score (nSPS) is 13.4. The summed E-state index contributed by atoms with van der Waals surface area (Å²) in [6.07, 6.45) is 2.45. The van der Waals surface area contributed by atoms with Gasteiger partial charge in [-0.15, -0.1) is 0 Å². The molecular weight excluding hydrogens is 551 g/mol. The summed E-state index contributed by atoms with van der Waals surface area (Å²) in [5, 5.41) is 4.76. The molecule has 1 fully saturated rings.